The Labute approximate surface area is 132 Å². The lowest BCUT2D eigenvalue weighted by Gasteiger charge is -2.35. The smallest absolute Gasteiger partial charge is 0.410 e. The number of piperidine rings is 1. The molecule has 6 nitrogen and oxygen atoms in total. The second kappa shape index (κ2) is 7.05. The highest BCUT2D eigenvalue weighted by Crippen LogP contribution is 2.17. The van der Waals surface area contributed by atoms with E-state index >= 15 is 0 Å². The van der Waals surface area contributed by atoms with Crippen LogP contribution in [-0.2, 0) is 4.74 Å². The topological polar surface area (TPSA) is 67.4 Å². The zero-order valence-electron chi connectivity index (χ0n) is 13.9. The van der Waals surface area contributed by atoms with Crippen molar-refractivity contribution in [2.75, 3.05) is 13.1 Å². The van der Waals surface area contributed by atoms with Crippen LogP contribution in [0.25, 0.3) is 0 Å². The summed E-state index contributed by atoms with van der Waals surface area (Å²) in [4.78, 5) is 22.4. The van der Waals surface area contributed by atoms with E-state index in [4.69, 9.17) is 4.74 Å². The van der Waals surface area contributed by atoms with Crippen LogP contribution in [-0.4, -0.2) is 45.7 Å². The third kappa shape index (κ3) is 4.94. The number of carbonyl (C=O) groups is 1. The molecule has 2 rings (SSSR count). The Morgan fingerprint density at radius 3 is 2.86 bits per heavy atom. The monoisotopic (exact) mass is 306 g/mol. The molecule has 22 heavy (non-hydrogen) atoms. The predicted molar refractivity (Wildman–Crippen MR) is 84.4 cm³/mol. The predicted octanol–water partition coefficient (Wildman–Crippen LogP) is 2.53. The van der Waals surface area contributed by atoms with E-state index in [2.05, 4.69) is 22.2 Å². The number of hydrogen-bond acceptors (Lipinski definition) is 5. The van der Waals surface area contributed by atoms with Crippen LogP contribution in [0.15, 0.2) is 18.6 Å². The number of hydrogen-bond donors (Lipinski definition) is 1. The Kier molecular flexibility index (Phi) is 5.34. The van der Waals surface area contributed by atoms with Gasteiger partial charge in [-0.2, -0.15) is 0 Å². The summed E-state index contributed by atoms with van der Waals surface area (Å²) in [5, 5.41) is 3.53. The van der Waals surface area contributed by atoms with Crippen LogP contribution in [0.3, 0.4) is 0 Å². The molecule has 122 valence electrons. The van der Waals surface area contributed by atoms with Crippen LogP contribution < -0.4 is 5.32 Å². The molecule has 2 heterocycles. The van der Waals surface area contributed by atoms with Crippen LogP contribution >= 0.6 is 0 Å². The average molecular weight is 306 g/mol. The van der Waals surface area contributed by atoms with Gasteiger partial charge in [0, 0.05) is 43.8 Å². The number of nitrogens with one attached hydrogen (secondary N) is 1. The Balaban J connectivity index is 1.89. The van der Waals surface area contributed by atoms with Crippen molar-refractivity contribution < 1.29 is 9.53 Å². The minimum atomic E-state index is -0.454. The minimum absolute atomic E-state index is 0.109. The molecular weight excluding hydrogens is 280 g/mol. The van der Waals surface area contributed by atoms with Crippen LogP contribution in [0.4, 0.5) is 4.79 Å². The molecule has 0 bridgehead atoms. The number of nitrogens with zero attached hydrogens (tertiary/aromatic N) is 3. The fourth-order valence-corrected chi connectivity index (χ4v) is 2.58. The SMILES string of the molecule is C[C@@H](N[C@H]1CCCN(C(=O)OC(C)(C)C)C1)c1cnccn1. The lowest BCUT2D eigenvalue weighted by molar-refractivity contribution is 0.0183. The molecule has 1 saturated heterocycles. The number of rotatable bonds is 3. The van der Waals surface area contributed by atoms with E-state index in [1.54, 1.807) is 23.5 Å². The molecule has 6 heteroatoms. The summed E-state index contributed by atoms with van der Waals surface area (Å²) < 4.78 is 5.45. The molecule has 1 aliphatic heterocycles. The van der Waals surface area contributed by atoms with Crippen LogP contribution in [0.5, 0.6) is 0 Å². The van der Waals surface area contributed by atoms with E-state index in [1.165, 1.54) is 0 Å². The number of aromatic nitrogens is 2. The molecule has 1 amide bonds. The molecule has 1 aliphatic rings. The summed E-state index contributed by atoms with van der Waals surface area (Å²) in [6.45, 7) is 9.16. The number of carbonyl (C=O) groups excluding carboxylic acids is 1. The zero-order valence-corrected chi connectivity index (χ0v) is 13.9. The Morgan fingerprint density at radius 1 is 1.45 bits per heavy atom. The summed E-state index contributed by atoms with van der Waals surface area (Å²) in [5.41, 5.74) is 0.460. The molecule has 1 aromatic rings. The van der Waals surface area contributed by atoms with Gasteiger partial charge in [0.2, 0.25) is 0 Å². The first-order chi connectivity index (χ1) is 10.3. The van der Waals surface area contributed by atoms with Gasteiger partial charge in [-0.1, -0.05) is 0 Å². The van der Waals surface area contributed by atoms with E-state index < -0.39 is 5.60 Å². The molecule has 0 saturated carbocycles. The molecule has 0 spiro atoms. The first-order valence-corrected chi connectivity index (χ1v) is 7.85. The molecule has 1 fully saturated rings. The molecule has 2 atom stereocenters. The van der Waals surface area contributed by atoms with Gasteiger partial charge in [0.25, 0.3) is 0 Å². The lowest BCUT2D eigenvalue weighted by Crippen LogP contribution is -2.49. The molecule has 0 aliphatic carbocycles. The van der Waals surface area contributed by atoms with Crippen molar-refractivity contribution >= 4 is 6.09 Å². The summed E-state index contributed by atoms with van der Waals surface area (Å²) in [6, 6.07) is 0.357. The van der Waals surface area contributed by atoms with Crippen LogP contribution in [0, 0.1) is 0 Å². The van der Waals surface area contributed by atoms with Gasteiger partial charge in [0.05, 0.1) is 5.69 Å². The molecule has 0 unspecified atom stereocenters. The number of amides is 1. The van der Waals surface area contributed by atoms with Gasteiger partial charge < -0.3 is 15.0 Å². The third-order valence-electron chi connectivity index (χ3n) is 3.59. The molecule has 1 N–H and O–H groups in total. The van der Waals surface area contributed by atoms with E-state index in [-0.39, 0.29) is 18.2 Å². The summed E-state index contributed by atoms with van der Waals surface area (Å²) in [5.74, 6) is 0. The van der Waals surface area contributed by atoms with Gasteiger partial charge in [0.1, 0.15) is 5.60 Å². The van der Waals surface area contributed by atoms with E-state index in [9.17, 15) is 4.79 Å². The number of likely N-dealkylation sites (tertiary alicyclic amines) is 1. The van der Waals surface area contributed by atoms with Crippen molar-refractivity contribution in [3.63, 3.8) is 0 Å². The van der Waals surface area contributed by atoms with Gasteiger partial charge in [-0.05, 0) is 40.5 Å². The van der Waals surface area contributed by atoms with Gasteiger partial charge >= 0.3 is 6.09 Å². The maximum atomic E-state index is 12.2. The van der Waals surface area contributed by atoms with Crippen molar-refractivity contribution in [2.45, 2.75) is 58.2 Å². The highest BCUT2D eigenvalue weighted by molar-refractivity contribution is 5.68. The van der Waals surface area contributed by atoms with Crippen molar-refractivity contribution in [3.8, 4) is 0 Å². The lowest BCUT2D eigenvalue weighted by atomic mass is 10.0. The van der Waals surface area contributed by atoms with Gasteiger partial charge in [0.15, 0.2) is 0 Å². The summed E-state index contributed by atoms with van der Waals surface area (Å²) >= 11 is 0. The Morgan fingerprint density at radius 2 is 2.23 bits per heavy atom. The Hall–Kier alpha value is -1.69. The molecule has 1 aromatic heterocycles. The van der Waals surface area contributed by atoms with Gasteiger partial charge in [-0.3, -0.25) is 9.97 Å². The largest absolute Gasteiger partial charge is 0.444 e. The van der Waals surface area contributed by atoms with Crippen LogP contribution in [0.2, 0.25) is 0 Å². The second-order valence-electron chi connectivity index (χ2n) is 6.78. The third-order valence-corrected chi connectivity index (χ3v) is 3.59. The van der Waals surface area contributed by atoms with Crippen molar-refractivity contribution in [2.24, 2.45) is 0 Å². The fourth-order valence-electron chi connectivity index (χ4n) is 2.58. The zero-order chi connectivity index (χ0) is 16.2. The summed E-state index contributed by atoms with van der Waals surface area (Å²) in [6.07, 6.45) is 6.92. The molecule has 0 radical (unpaired) electrons. The first kappa shape index (κ1) is 16.7. The van der Waals surface area contributed by atoms with Crippen molar-refractivity contribution in [3.05, 3.63) is 24.3 Å². The summed E-state index contributed by atoms with van der Waals surface area (Å²) in [7, 11) is 0. The highest BCUT2D eigenvalue weighted by Gasteiger charge is 2.28. The van der Waals surface area contributed by atoms with E-state index in [0.717, 1.165) is 25.1 Å². The maximum Gasteiger partial charge on any atom is 0.410 e. The van der Waals surface area contributed by atoms with Crippen molar-refractivity contribution in [1.29, 1.82) is 0 Å². The normalized spacial score (nSPS) is 20.5. The highest BCUT2D eigenvalue weighted by atomic mass is 16.6. The molecule has 0 aromatic carbocycles. The standard InChI is InChI=1S/C16H26N4O2/c1-12(14-10-17-7-8-18-14)19-13-6-5-9-20(11-13)15(21)22-16(2,3)4/h7-8,10,12-13,19H,5-6,9,11H2,1-4H3/t12-,13+/m1/s1. The van der Waals surface area contributed by atoms with Gasteiger partial charge in [-0.25, -0.2) is 4.79 Å². The fraction of sp³-hybridized carbons (Fsp3) is 0.688. The number of ether oxygens (including phenoxy) is 1. The van der Waals surface area contributed by atoms with E-state index in [0.29, 0.717) is 6.54 Å². The first-order valence-electron chi connectivity index (χ1n) is 7.85. The van der Waals surface area contributed by atoms with Gasteiger partial charge in [-0.15, -0.1) is 0 Å². The Bertz CT molecular complexity index is 487. The minimum Gasteiger partial charge on any atom is -0.444 e. The quantitative estimate of drug-likeness (QED) is 0.929. The van der Waals surface area contributed by atoms with Crippen molar-refractivity contribution in [1.82, 2.24) is 20.2 Å². The second-order valence-corrected chi connectivity index (χ2v) is 6.78. The average Bonchev–Trinajstić information content (AvgIpc) is 2.46. The molecular formula is C16H26N4O2. The van der Waals surface area contributed by atoms with E-state index in [1.807, 2.05) is 20.8 Å². The van der Waals surface area contributed by atoms with Crippen LogP contribution in [0.1, 0.15) is 52.3 Å². The maximum absolute atomic E-state index is 12.2.